The van der Waals surface area contributed by atoms with Crippen LogP contribution >= 0.6 is 0 Å². The molecule has 0 aliphatic rings. The van der Waals surface area contributed by atoms with E-state index in [2.05, 4.69) is 5.16 Å². The Morgan fingerprint density at radius 2 is 2.00 bits per heavy atom. The molecule has 1 heterocycles. The molecular weight excluding hydrogens is 230 g/mol. The quantitative estimate of drug-likeness (QED) is 0.307. The molecule has 0 radical (unpaired) electrons. The Morgan fingerprint density at radius 3 is 2.83 bits per heavy atom. The van der Waals surface area contributed by atoms with Crippen LogP contribution in [0.25, 0.3) is 21.7 Å². The molecule has 2 aromatic carbocycles. The van der Waals surface area contributed by atoms with Crippen LogP contribution in [0.4, 0.5) is 0 Å². The Labute approximate surface area is 102 Å². The molecule has 0 unspecified atom stereocenters. The summed E-state index contributed by atoms with van der Waals surface area (Å²) in [4.78, 5) is 12.3. The van der Waals surface area contributed by atoms with E-state index in [9.17, 15) is 4.79 Å². The summed E-state index contributed by atoms with van der Waals surface area (Å²) >= 11 is 0. The SMILES string of the molecule is O=c1c(C=NO)coc2ccc3ccccc3c12. The van der Waals surface area contributed by atoms with Gasteiger partial charge in [-0.1, -0.05) is 35.5 Å². The Hall–Kier alpha value is -2.62. The molecule has 4 nitrogen and oxygen atoms in total. The monoisotopic (exact) mass is 239 g/mol. The molecule has 0 fully saturated rings. The van der Waals surface area contributed by atoms with Gasteiger partial charge in [0.1, 0.15) is 11.8 Å². The first-order valence-corrected chi connectivity index (χ1v) is 5.42. The van der Waals surface area contributed by atoms with Crippen molar-refractivity contribution in [2.45, 2.75) is 0 Å². The second kappa shape index (κ2) is 4.00. The molecule has 0 aliphatic heterocycles. The zero-order valence-corrected chi connectivity index (χ0v) is 9.33. The molecule has 0 atom stereocenters. The van der Waals surface area contributed by atoms with Gasteiger partial charge in [0.2, 0.25) is 5.43 Å². The summed E-state index contributed by atoms with van der Waals surface area (Å²) in [5.41, 5.74) is 0.543. The summed E-state index contributed by atoms with van der Waals surface area (Å²) < 4.78 is 5.38. The van der Waals surface area contributed by atoms with Gasteiger partial charge in [-0.2, -0.15) is 0 Å². The van der Waals surface area contributed by atoms with Crippen LogP contribution in [-0.2, 0) is 0 Å². The van der Waals surface area contributed by atoms with E-state index >= 15 is 0 Å². The minimum atomic E-state index is -0.203. The maximum Gasteiger partial charge on any atom is 0.202 e. The molecule has 3 aromatic rings. The van der Waals surface area contributed by atoms with E-state index in [1.165, 1.54) is 6.26 Å². The predicted molar refractivity (Wildman–Crippen MR) is 69.4 cm³/mol. The van der Waals surface area contributed by atoms with Gasteiger partial charge in [0.15, 0.2) is 0 Å². The van der Waals surface area contributed by atoms with Crippen molar-refractivity contribution in [1.82, 2.24) is 0 Å². The van der Waals surface area contributed by atoms with Crippen molar-refractivity contribution < 1.29 is 9.62 Å². The smallest absolute Gasteiger partial charge is 0.202 e. The maximum absolute atomic E-state index is 12.3. The molecule has 0 saturated heterocycles. The summed E-state index contributed by atoms with van der Waals surface area (Å²) in [6.07, 6.45) is 2.37. The minimum absolute atomic E-state index is 0.203. The van der Waals surface area contributed by atoms with Gasteiger partial charge in [0.05, 0.1) is 17.2 Å². The number of rotatable bonds is 1. The lowest BCUT2D eigenvalue weighted by atomic mass is 10.0. The summed E-state index contributed by atoms with van der Waals surface area (Å²) in [5, 5.41) is 13.7. The molecule has 4 heteroatoms. The van der Waals surface area contributed by atoms with Crippen LogP contribution in [-0.4, -0.2) is 11.4 Å². The van der Waals surface area contributed by atoms with Crippen molar-refractivity contribution in [2.24, 2.45) is 5.16 Å². The zero-order valence-electron chi connectivity index (χ0n) is 9.33. The number of nitrogens with zero attached hydrogens (tertiary/aromatic N) is 1. The molecule has 0 bridgehead atoms. The van der Waals surface area contributed by atoms with Crippen molar-refractivity contribution in [3.05, 3.63) is 58.4 Å². The van der Waals surface area contributed by atoms with Crippen molar-refractivity contribution >= 4 is 28.0 Å². The fourth-order valence-corrected chi connectivity index (χ4v) is 2.06. The Morgan fingerprint density at radius 1 is 1.17 bits per heavy atom. The minimum Gasteiger partial charge on any atom is -0.463 e. The van der Waals surface area contributed by atoms with Gasteiger partial charge >= 0.3 is 0 Å². The average molecular weight is 239 g/mol. The van der Waals surface area contributed by atoms with E-state index in [-0.39, 0.29) is 11.0 Å². The summed E-state index contributed by atoms with van der Waals surface area (Å²) in [7, 11) is 0. The first-order chi connectivity index (χ1) is 8.81. The van der Waals surface area contributed by atoms with Gasteiger partial charge in [0.25, 0.3) is 0 Å². The van der Waals surface area contributed by atoms with Gasteiger partial charge < -0.3 is 9.62 Å². The summed E-state index contributed by atoms with van der Waals surface area (Å²) in [5.74, 6) is 0. The zero-order chi connectivity index (χ0) is 12.5. The van der Waals surface area contributed by atoms with Crippen LogP contribution in [0.3, 0.4) is 0 Å². The first-order valence-electron chi connectivity index (χ1n) is 5.42. The van der Waals surface area contributed by atoms with Crippen LogP contribution in [0, 0.1) is 0 Å². The van der Waals surface area contributed by atoms with E-state index in [0.29, 0.717) is 11.0 Å². The van der Waals surface area contributed by atoms with Crippen LogP contribution in [0.15, 0.2) is 57.0 Å². The number of oxime groups is 1. The summed E-state index contributed by atoms with van der Waals surface area (Å²) in [6.45, 7) is 0. The van der Waals surface area contributed by atoms with Crippen LogP contribution in [0.5, 0.6) is 0 Å². The molecule has 88 valence electrons. The largest absolute Gasteiger partial charge is 0.463 e. The van der Waals surface area contributed by atoms with Gasteiger partial charge in [-0.15, -0.1) is 0 Å². The highest BCUT2D eigenvalue weighted by atomic mass is 16.4. The fourth-order valence-electron chi connectivity index (χ4n) is 2.06. The third-order valence-electron chi connectivity index (χ3n) is 2.89. The van der Waals surface area contributed by atoms with Gasteiger partial charge in [0, 0.05) is 0 Å². The highest BCUT2D eigenvalue weighted by Crippen LogP contribution is 2.22. The van der Waals surface area contributed by atoms with Gasteiger partial charge in [-0.25, -0.2) is 0 Å². The Kier molecular flexibility index (Phi) is 2.34. The predicted octanol–water partition coefficient (Wildman–Crippen LogP) is 2.75. The van der Waals surface area contributed by atoms with Crippen LogP contribution in [0.1, 0.15) is 5.56 Å². The molecule has 0 amide bonds. The van der Waals surface area contributed by atoms with Crippen LogP contribution < -0.4 is 5.43 Å². The highest BCUT2D eigenvalue weighted by molar-refractivity contribution is 6.06. The summed E-state index contributed by atoms with van der Waals surface area (Å²) in [6, 6.07) is 11.2. The van der Waals surface area contributed by atoms with E-state index < -0.39 is 0 Å². The molecule has 0 saturated carbocycles. The van der Waals surface area contributed by atoms with Gasteiger partial charge in [-0.05, 0) is 16.8 Å². The lowest BCUT2D eigenvalue weighted by molar-refractivity contribution is 0.321. The fraction of sp³-hybridized carbons (Fsp3) is 0. The molecule has 3 rings (SSSR count). The van der Waals surface area contributed by atoms with E-state index in [4.69, 9.17) is 9.62 Å². The van der Waals surface area contributed by atoms with Crippen molar-refractivity contribution in [3.8, 4) is 0 Å². The Balaban J connectivity index is 2.55. The average Bonchev–Trinajstić information content (AvgIpc) is 2.41. The van der Waals surface area contributed by atoms with Crippen molar-refractivity contribution in [2.75, 3.05) is 0 Å². The first kappa shape index (κ1) is 10.5. The number of hydrogen-bond donors (Lipinski definition) is 1. The third kappa shape index (κ3) is 1.47. The molecule has 0 aliphatic carbocycles. The standard InChI is InChI=1S/C14H9NO3/c16-14-10(7-15-17)8-18-12-6-5-9-3-1-2-4-11(9)13(12)14/h1-8,17H. The molecule has 18 heavy (non-hydrogen) atoms. The molecule has 1 N–H and O–H groups in total. The Bertz CT molecular complexity index is 818. The second-order valence-electron chi connectivity index (χ2n) is 3.92. The van der Waals surface area contributed by atoms with E-state index in [0.717, 1.165) is 17.0 Å². The van der Waals surface area contributed by atoms with Gasteiger partial charge in [-0.3, -0.25) is 4.79 Å². The highest BCUT2D eigenvalue weighted by Gasteiger charge is 2.08. The maximum atomic E-state index is 12.3. The van der Waals surface area contributed by atoms with Crippen molar-refractivity contribution in [1.29, 1.82) is 0 Å². The lowest BCUT2D eigenvalue weighted by Gasteiger charge is -2.02. The second-order valence-corrected chi connectivity index (χ2v) is 3.92. The molecular formula is C14H9NO3. The van der Waals surface area contributed by atoms with E-state index in [1.54, 1.807) is 6.07 Å². The number of hydrogen-bond acceptors (Lipinski definition) is 4. The third-order valence-corrected chi connectivity index (χ3v) is 2.89. The topological polar surface area (TPSA) is 62.8 Å². The molecule has 0 spiro atoms. The van der Waals surface area contributed by atoms with E-state index in [1.807, 2.05) is 30.3 Å². The number of fused-ring (bicyclic) bond motifs is 3. The van der Waals surface area contributed by atoms with Crippen molar-refractivity contribution in [3.63, 3.8) is 0 Å². The van der Waals surface area contributed by atoms with Crippen LogP contribution in [0.2, 0.25) is 0 Å². The number of benzene rings is 2. The normalized spacial score (nSPS) is 11.6. The lowest BCUT2D eigenvalue weighted by Crippen LogP contribution is -2.08. The molecule has 1 aromatic heterocycles.